The number of ether oxygens (including phenoxy) is 2. The summed E-state index contributed by atoms with van der Waals surface area (Å²) in [7, 11) is 1.61. The Morgan fingerprint density at radius 3 is 2.52 bits per heavy atom. The van der Waals surface area contributed by atoms with Crippen molar-refractivity contribution in [1.82, 2.24) is 9.88 Å². The molecule has 0 atom stereocenters. The van der Waals surface area contributed by atoms with Crippen molar-refractivity contribution in [3.63, 3.8) is 0 Å². The van der Waals surface area contributed by atoms with Gasteiger partial charge < -0.3 is 19.8 Å². The molecule has 1 amide bonds. The molecule has 6 nitrogen and oxygen atoms in total. The number of amides is 1. The van der Waals surface area contributed by atoms with Crippen molar-refractivity contribution >= 4 is 34.1 Å². The fourth-order valence-electron chi connectivity index (χ4n) is 3.54. The van der Waals surface area contributed by atoms with E-state index in [0.717, 1.165) is 43.4 Å². The Morgan fingerprint density at radius 1 is 1.03 bits per heavy atom. The Labute approximate surface area is 188 Å². The monoisotopic (exact) mass is 443 g/mol. The molecule has 0 fully saturated rings. The second-order valence-corrected chi connectivity index (χ2v) is 7.86. The lowest BCUT2D eigenvalue weighted by atomic mass is 10.2. The summed E-state index contributed by atoms with van der Waals surface area (Å²) in [5.41, 5.74) is 1.96. The van der Waals surface area contributed by atoms with Gasteiger partial charge in [0, 0.05) is 34.2 Å². The number of carbonyl (C=O) groups is 1. The Morgan fingerprint density at radius 2 is 1.81 bits per heavy atom. The number of fused-ring (bicyclic) bond motifs is 1. The molecule has 0 radical (unpaired) electrons. The highest BCUT2D eigenvalue weighted by atomic mass is 35.5. The second-order valence-electron chi connectivity index (χ2n) is 7.42. The molecule has 3 rings (SSSR count). The van der Waals surface area contributed by atoms with Crippen LogP contribution in [-0.2, 0) is 0 Å². The van der Waals surface area contributed by atoms with Crippen molar-refractivity contribution in [2.75, 3.05) is 38.7 Å². The number of anilines is 1. The maximum absolute atomic E-state index is 12.7. The normalized spacial score (nSPS) is 11.1. The summed E-state index contributed by atoms with van der Waals surface area (Å²) in [5, 5.41) is 4.44. The lowest BCUT2D eigenvalue weighted by molar-refractivity contribution is 0.102. The molecule has 0 bridgehead atoms. The van der Waals surface area contributed by atoms with Crippen LogP contribution in [0.3, 0.4) is 0 Å². The van der Waals surface area contributed by atoms with E-state index in [9.17, 15) is 4.79 Å². The van der Waals surface area contributed by atoms with E-state index in [1.807, 2.05) is 12.1 Å². The number of nitrogens with zero attached hydrogens (tertiary/aromatic N) is 1. The van der Waals surface area contributed by atoms with E-state index in [1.165, 1.54) is 0 Å². The third-order valence-electron chi connectivity index (χ3n) is 4.99. The quantitative estimate of drug-likeness (QED) is 0.405. The first-order valence-corrected chi connectivity index (χ1v) is 11.0. The predicted molar refractivity (Wildman–Crippen MR) is 127 cm³/mol. The van der Waals surface area contributed by atoms with Crippen LogP contribution in [0.1, 0.15) is 37.2 Å². The molecule has 31 heavy (non-hydrogen) atoms. The van der Waals surface area contributed by atoms with Crippen LogP contribution in [0, 0.1) is 0 Å². The first-order valence-electron chi connectivity index (χ1n) is 10.7. The van der Waals surface area contributed by atoms with Crippen LogP contribution >= 0.6 is 11.6 Å². The van der Waals surface area contributed by atoms with Gasteiger partial charge in [-0.15, -0.1) is 0 Å². The molecule has 1 heterocycles. The van der Waals surface area contributed by atoms with Crippen LogP contribution in [-0.4, -0.2) is 49.1 Å². The van der Waals surface area contributed by atoms with E-state index in [0.29, 0.717) is 34.5 Å². The van der Waals surface area contributed by atoms with Gasteiger partial charge in [0.05, 0.1) is 7.11 Å². The number of H-pyrrole nitrogens is 1. The van der Waals surface area contributed by atoms with Crippen molar-refractivity contribution in [3.05, 3.63) is 53.2 Å². The van der Waals surface area contributed by atoms with Crippen molar-refractivity contribution in [1.29, 1.82) is 0 Å². The van der Waals surface area contributed by atoms with Crippen LogP contribution in [0.5, 0.6) is 11.5 Å². The van der Waals surface area contributed by atoms with Gasteiger partial charge >= 0.3 is 0 Å². The minimum absolute atomic E-state index is 0.236. The van der Waals surface area contributed by atoms with Crippen molar-refractivity contribution in [2.24, 2.45) is 0 Å². The number of benzene rings is 2. The zero-order valence-corrected chi connectivity index (χ0v) is 19.1. The molecule has 0 aliphatic heterocycles. The van der Waals surface area contributed by atoms with Gasteiger partial charge in [0.25, 0.3) is 5.91 Å². The Hall–Kier alpha value is -2.70. The van der Waals surface area contributed by atoms with E-state index >= 15 is 0 Å². The Kier molecular flexibility index (Phi) is 8.20. The highest BCUT2D eigenvalue weighted by Gasteiger charge is 2.13. The molecular weight excluding hydrogens is 414 g/mol. The topological polar surface area (TPSA) is 66.6 Å². The summed E-state index contributed by atoms with van der Waals surface area (Å²) >= 11 is 6.04. The van der Waals surface area contributed by atoms with Crippen LogP contribution < -0.4 is 14.8 Å². The van der Waals surface area contributed by atoms with Gasteiger partial charge in [-0.25, -0.2) is 0 Å². The molecule has 166 valence electrons. The molecule has 3 aromatic rings. The maximum atomic E-state index is 12.7. The van der Waals surface area contributed by atoms with E-state index in [4.69, 9.17) is 21.1 Å². The minimum atomic E-state index is -0.236. The molecule has 2 N–H and O–H groups in total. The average Bonchev–Trinajstić information content (AvgIpc) is 3.18. The third kappa shape index (κ3) is 6.15. The first-order chi connectivity index (χ1) is 15.0. The highest BCUT2D eigenvalue weighted by Crippen LogP contribution is 2.30. The predicted octanol–water partition coefficient (Wildman–Crippen LogP) is 5.58. The van der Waals surface area contributed by atoms with Crippen molar-refractivity contribution in [3.8, 4) is 11.5 Å². The standard InChI is InChI=1S/C24H30ClN3O3/c1-4-10-28(11-5-2)12-13-31-23-16-19(7-9-22(23)30-3)26-24(29)21-15-17-14-18(25)6-8-20(17)27-21/h6-9,14-16,27H,4-5,10-13H2,1-3H3,(H,26,29). The molecule has 7 heteroatoms. The number of hydrogen-bond acceptors (Lipinski definition) is 4. The van der Waals surface area contributed by atoms with Gasteiger partial charge in [-0.05, 0) is 62.3 Å². The fraction of sp³-hybridized carbons (Fsp3) is 0.375. The van der Waals surface area contributed by atoms with E-state index in [1.54, 1.807) is 37.4 Å². The number of hydrogen-bond donors (Lipinski definition) is 2. The molecule has 1 aromatic heterocycles. The van der Waals surface area contributed by atoms with Gasteiger partial charge in [0.1, 0.15) is 12.3 Å². The number of nitrogens with one attached hydrogen (secondary N) is 2. The smallest absolute Gasteiger partial charge is 0.272 e. The summed E-state index contributed by atoms with van der Waals surface area (Å²) in [6.07, 6.45) is 2.23. The SMILES string of the molecule is CCCN(CCC)CCOc1cc(NC(=O)c2cc3cc(Cl)ccc3[nH]2)ccc1OC. The number of aromatic nitrogens is 1. The summed E-state index contributed by atoms with van der Waals surface area (Å²) in [4.78, 5) is 18.2. The number of aromatic amines is 1. The molecular formula is C24H30ClN3O3. The van der Waals surface area contributed by atoms with Gasteiger partial charge in [-0.2, -0.15) is 0 Å². The minimum Gasteiger partial charge on any atom is -0.493 e. The average molecular weight is 444 g/mol. The second kappa shape index (κ2) is 11.1. The highest BCUT2D eigenvalue weighted by molar-refractivity contribution is 6.31. The summed E-state index contributed by atoms with van der Waals surface area (Å²) < 4.78 is 11.4. The maximum Gasteiger partial charge on any atom is 0.272 e. The molecule has 0 aliphatic rings. The van der Waals surface area contributed by atoms with Crippen LogP contribution in [0.25, 0.3) is 10.9 Å². The van der Waals surface area contributed by atoms with Crippen molar-refractivity contribution < 1.29 is 14.3 Å². The van der Waals surface area contributed by atoms with E-state index < -0.39 is 0 Å². The van der Waals surface area contributed by atoms with Crippen LogP contribution in [0.4, 0.5) is 5.69 Å². The van der Waals surface area contributed by atoms with Crippen molar-refractivity contribution in [2.45, 2.75) is 26.7 Å². The van der Waals surface area contributed by atoms with E-state index in [2.05, 4.69) is 29.0 Å². The lowest BCUT2D eigenvalue weighted by Crippen LogP contribution is -2.30. The summed E-state index contributed by atoms with van der Waals surface area (Å²) in [5.74, 6) is 1.01. The largest absolute Gasteiger partial charge is 0.493 e. The number of halogens is 1. The Bertz CT molecular complexity index is 1010. The molecule has 0 saturated carbocycles. The molecule has 0 aliphatic carbocycles. The van der Waals surface area contributed by atoms with E-state index in [-0.39, 0.29) is 5.91 Å². The van der Waals surface area contributed by atoms with Crippen LogP contribution in [0.15, 0.2) is 42.5 Å². The number of methoxy groups -OCH3 is 1. The Balaban J connectivity index is 1.67. The zero-order valence-electron chi connectivity index (χ0n) is 18.3. The van der Waals surface area contributed by atoms with Crippen LogP contribution in [0.2, 0.25) is 5.02 Å². The van der Waals surface area contributed by atoms with Gasteiger partial charge in [-0.3, -0.25) is 9.69 Å². The van der Waals surface area contributed by atoms with Gasteiger partial charge in [0.15, 0.2) is 11.5 Å². The lowest BCUT2D eigenvalue weighted by Gasteiger charge is -2.21. The molecule has 0 spiro atoms. The first kappa shape index (κ1) is 23.0. The molecule has 0 saturated heterocycles. The number of carbonyl (C=O) groups excluding carboxylic acids is 1. The van der Waals surface area contributed by atoms with Gasteiger partial charge in [-0.1, -0.05) is 25.4 Å². The molecule has 2 aromatic carbocycles. The van der Waals surface area contributed by atoms with Gasteiger partial charge in [0.2, 0.25) is 0 Å². The third-order valence-corrected chi connectivity index (χ3v) is 5.23. The fourth-order valence-corrected chi connectivity index (χ4v) is 3.72. The molecule has 0 unspecified atom stereocenters. The summed E-state index contributed by atoms with van der Waals surface area (Å²) in [6, 6.07) is 12.6. The zero-order chi connectivity index (χ0) is 22.2. The number of rotatable bonds is 11. The summed E-state index contributed by atoms with van der Waals surface area (Å²) in [6.45, 7) is 7.87.